The molecule has 0 aromatic carbocycles. The highest BCUT2D eigenvalue weighted by atomic mass is 16.5. The van der Waals surface area contributed by atoms with Gasteiger partial charge in [0.2, 0.25) is 5.88 Å². The second kappa shape index (κ2) is 5.94. The lowest BCUT2D eigenvalue weighted by atomic mass is 10.1. The van der Waals surface area contributed by atoms with E-state index >= 15 is 0 Å². The molecule has 0 unspecified atom stereocenters. The van der Waals surface area contributed by atoms with Crippen LogP contribution in [0.15, 0.2) is 30.9 Å². The van der Waals surface area contributed by atoms with Crippen LogP contribution in [0, 0.1) is 17.2 Å². The number of nitrogens with zero attached hydrogens (tertiary/aromatic N) is 5. The fourth-order valence-electron chi connectivity index (χ4n) is 2.60. The van der Waals surface area contributed by atoms with Crippen LogP contribution >= 0.6 is 0 Å². The van der Waals surface area contributed by atoms with E-state index in [0.29, 0.717) is 24.0 Å². The number of rotatable bonds is 3. The molecule has 0 N–H and O–H groups in total. The van der Waals surface area contributed by atoms with E-state index in [9.17, 15) is 0 Å². The summed E-state index contributed by atoms with van der Waals surface area (Å²) in [6, 6.07) is 5.50. The number of imidazole rings is 1. The van der Waals surface area contributed by atoms with E-state index < -0.39 is 0 Å². The van der Waals surface area contributed by atoms with Crippen molar-refractivity contribution in [3.05, 3.63) is 42.1 Å². The molecule has 1 aliphatic heterocycles. The van der Waals surface area contributed by atoms with E-state index in [1.165, 1.54) is 11.9 Å². The first kappa shape index (κ1) is 13.6. The van der Waals surface area contributed by atoms with Crippen LogP contribution in [-0.2, 0) is 13.1 Å². The van der Waals surface area contributed by atoms with Crippen molar-refractivity contribution < 1.29 is 4.74 Å². The Morgan fingerprint density at radius 1 is 1.38 bits per heavy atom. The Balaban J connectivity index is 1.63. The molecule has 2 aromatic heterocycles. The number of pyridine rings is 1. The molecule has 2 aromatic rings. The molecule has 3 rings (SSSR count). The standard InChI is InChI=1S/C15H17N5O/c1-19-7-13(8-20-11-17-6-14(20)9-19)10-21-15-3-2-12(4-16)5-18-15/h2-3,5-6,11,13H,7-10H2,1H3/t13-/m0/s1. The third-order valence-corrected chi connectivity index (χ3v) is 3.59. The van der Waals surface area contributed by atoms with Crippen molar-refractivity contribution in [1.29, 1.82) is 5.26 Å². The van der Waals surface area contributed by atoms with E-state index in [1.54, 1.807) is 12.1 Å². The number of aromatic nitrogens is 3. The highest BCUT2D eigenvalue weighted by Gasteiger charge is 2.20. The molecule has 6 nitrogen and oxygen atoms in total. The monoisotopic (exact) mass is 283 g/mol. The zero-order valence-corrected chi connectivity index (χ0v) is 11.9. The van der Waals surface area contributed by atoms with E-state index in [1.807, 2.05) is 18.6 Å². The van der Waals surface area contributed by atoms with Gasteiger partial charge in [-0.2, -0.15) is 5.26 Å². The van der Waals surface area contributed by atoms with Crippen molar-refractivity contribution in [3.63, 3.8) is 0 Å². The molecule has 1 aliphatic rings. The van der Waals surface area contributed by atoms with Gasteiger partial charge in [0.05, 0.1) is 24.2 Å². The molecule has 6 heteroatoms. The molecule has 0 spiro atoms. The summed E-state index contributed by atoms with van der Waals surface area (Å²) in [7, 11) is 2.11. The molecule has 1 atom stereocenters. The van der Waals surface area contributed by atoms with Crippen LogP contribution in [0.3, 0.4) is 0 Å². The first-order valence-electron chi connectivity index (χ1n) is 6.91. The fraction of sp³-hybridized carbons (Fsp3) is 0.400. The Hall–Kier alpha value is -2.39. The van der Waals surface area contributed by atoms with E-state index in [0.717, 1.165) is 19.6 Å². The summed E-state index contributed by atoms with van der Waals surface area (Å²) in [4.78, 5) is 10.6. The largest absolute Gasteiger partial charge is 0.477 e. The second-order valence-electron chi connectivity index (χ2n) is 5.41. The van der Waals surface area contributed by atoms with Gasteiger partial charge in [-0.15, -0.1) is 0 Å². The third-order valence-electron chi connectivity index (χ3n) is 3.59. The summed E-state index contributed by atoms with van der Waals surface area (Å²) in [5, 5.41) is 8.75. The van der Waals surface area contributed by atoms with E-state index in [-0.39, 0.29) is 0 Å². The Kier molecular flexibility index (Phi) is 3.84. The van der Waals surface area contributed by atoms with E-state index in [2.05, 4.69) is 26.5 Å². The number of hydrogen-bond acceptors (Lipinski definition) is 5. The van der Waals surface area contributed by atoms with Gasteiger partial charge < -0.3 is 14.2 Å². The smallest absolute Gasteiger partial charge is 0.213 e. The lowest BCUT2D eigenvalue weighted by Crippen LogP contribution is -2.28. The summed E-state index contributed by atoms with van der Waals surface area (Å²) in [6.07, 6.45) is 5.33. The van der Waals surface area contributed by atoms with Crippen molar-refractivity contribution in [3.8, 4) is 11.9 Å². The van der Waals surface area contributed by atoms with Gasteiger partial charge in [0.25, 0.3) is 0 Å². The van der Waals surface area contributed by atoms with Crippen LogP contribution in [0.25, 0.3) is 0 Å². The molecular formula is C15H17N5O. The zero-order valence-electron chi connectivity index (χ0n) is 11.9. The summed E-state index contributed by atoms with van der Waals surface area (Å²) in [6.45, 7) is 3.38. The van der Waals surface area contributed by atoms with Gasteiger partial charge in [0, 0.05) is 44.0 Å². The second-order valence-corrected chi connectivity index (χ2v) is 5.41. The lowest BCUT2D eigenvalue weighted by molar-refractivity contribution is 0.186. The van der Waals surface area contributed by atoms with Crippen LogP contribution in [0.1, 0.15) is 11.3 Å². The summed E-state index contributed by atoms with van der Waals surface area (Å²) >= 11 is 0. The summed E-state index contributed by atoms with van der Waals surface area (Å²) in [5.74, 6) is 0.939. The van der Waals surface area contributed by atoms with Crippen molar-refractivity contribution in [2.75, 3.05) is 20.2 Å². The minimum atomic E-state index is 0.378. The maximum atomic E-state index is 8.75. The van der Waals surface area contributed by atoms with Gasteiger partial charge in [-0.25, -0.2) is 9.97 Å². The SMILES string of the molecule is CN1Cc2cncn2C[C@@H](COc2ccc(C#N)cn2)C1. The molecule has 3 heterocycles. The normalized spacial score (nSPS) is 18.6. The van der Waals surface area contributed by atoms with Crippen LogP contribution in [0.4, 0.5) is 0 Å². The van der Waals surface area contributed by atoms with Crippen LogP contribution in [-0.4, -0.2) is 39.6 Å². The molecule has 0 saturated carbocycles. The van der Waals surface area contributed by atoms with Crippen LogP contribution < -0.4 is 4.74 Å². The minimum Gasteiger partial charge on any atom is -0.477 e. The Morgan fingerprint density at radius 3 is 3.05 bits per heavy atom. The number of nitriles is 1. The zero-order chi connectivity index (χ0) is 14.7. The average molecular weight is 283 g/mol. The number of ether oxygens (including phenoxy) is 1. The molecule has 0 aliphatic carbocycles. The highest BCUT2D eigenvalue weighted by Crippen LogP contribution is 2.16. The molecule has 0 amide bonds. The molecule has 0 fully saturated rings. The van der Waals surface area contributed by atoms with Crippen molar-refractivity contribution >= 4 is 0 Å². The highest BCUT2D eigenvalue weighted by molar-refractivity contribution is 5.28. The topological polar surface area (TPSA) is 67.0 Å². The molecule has 0 radical (unpaired) electrons. The minimum absolute atomic E-state index is 0.378. The summed E-state index contributed by atoms with van der Waals surface area (Å²) in [5.41, 5.74) is 1.77. The van der Waals surface area contributed by atoms with Gasteiger partial charge in [0.15, 0.2) is 0 Å². The first-order valence-corrected chi connectivity index (χ1v) is 6.91. The Bertz CT molecular complexity index is 643. The van der Waals surface area contributed by atoms with Gasteiger partial charge >= 0.3 is 0 Å². The Labute approximate surface area is 123 Å². The van der Waals surface area contributed by atoms with E-state index in [4.69, 9.17) is 10.00 Å². The first-order chi connectivity index (χ1) is 10.2. The van der Waals surface area contributed by atoms with Crippen LogP contribution in [0.5, 0.6) is 5.88 Å². The number of hydrogen-bond donors (Lipinski definition) is 0. The van der Waals surface area contributed by atoms with Crippen molar-refractivity contribution in [1.82, 2.24) is 19.4 Å². The van der Waals surface area contributed by atoms with Crippen molar-refractivity contribution in [2.24, 2.45) is 5.92 Å². The molecular weight excluding hydrogens is 266 g/mol. The maximum absolute atomic E-state index is 8.75. The van der Waals surface area contributed by atoms with Crippen LogP contribution in [0.2, 0.25) is 0 Å². The summed E-state index contributed by atoms with van der Waals surface area (Å²) < 4.78 is 7.94. The maximum Gasteiger partial charge on any atom is 0.213 e. The predicted octanol–water partition coefficient (Wildman–Crippen LogP) is 1.29. The lowest BCUT2D eigenvalue weighted by Gasteiger charge is -2.19. The Morgan fingerprint density at radius 2 is 2.29 bits per heavy atom. The fourth-order valence-corrected chi connectivity index (χ4v) is 2.60. The average Bonchev–Trinajstić information content (AvgIpc) is 2.86. The van der Waals surface area contributed by atoms with Crippen molar-refractivity contribution in [2.45, 2.75) is 13.1 Å². The molecule has 0 bridgehead atoms. The molecule has 21 heavy (non-hydrogen) atoms. The third kappa shape index (κ3) is 3.20. The molecule has 108 valence electrons. The van der Waals surface area contributed by atoms with Gasteiger partial charge in [-0.05, 0) is 13.1 Å². The number of fused-ring (bicyclic) bond motifs is 1. The predicted molar refractivity (Wildman–Crippen MR) is 76.5 cm³/mol. The quantitative estimate of drug-likeness (QED) is 0.849. The van der Waals surface area contributed by atoms with Gasteiger partial charge in [-0.1, -0.05) is 0 Å². The molecule has 0 saturated heterocycles. The van der Waals surface area contributed by atoms with Gasteiger partial charge in [-0.3, -0.25) is 0 Å². The van der Waals surface area contributed by atoms with Gasteiger partial charge in [0.1, 0.15) is 6.07 Å².